The Morgan fingerprint density at radius 2 is 2.39 bits per heavy atom. The highest BCUT2D eigenvalue weighted by molar-refractivity contribution is 5.78. The molecule has 0 saturated carbocycles. The largest absolute Gasteiger partial charge is 0.370 e. The third-order valence-electron chi connectivity index (χ3n) is 2.93. The van der Waals surface area contributed by atoms with E-state index in [-0.39, 0.29) is 5.91 Å². The second kappa shape index (κ2) is 6.35. The molecule has 1 aliphatic rings. The van der Waals surface area contributed by atoms with Crippen molar-refractivity contribution >= 4 is 11.7 Å². The van der Waals surface area contributed by atoms with Crippen LogP contribution in [0.25, 0.3) is 0 Å². The SMILES string of the molecule is CCNc1ccc(CN2CCCNC(=O)C2)cn1. The van der Waals surface area contributed by atoms with Gasteiger partial charge < -0.3 is 10.6 Å². The topological polar surface area (TPSA) is 57.3 Å². The van der Waals surface area contributed by atoms with Gasteiger partial charge in [-0.2, -0.15) is 0 Å². The highest BCUT2D eigenvalue weighted by Crippen LogP contribution is 2.08. The first-order chi connectivity index (χ1) is 8.78. The van der Waals surface area contributed by atoms with Crippen LogP contribution in [0, 0.1) is 0 Å². The summed E-state index contributed by atoms with van der Waals surface area (Å²) < 4.78 is 0. The zero-order valence-corrected chi connectivity index (χ0v) is 10.8. The minimum absolute atomic E-state index is 0.115. The molecule has 1 saturated heterocycles. The van der Waals surface area contributed by atoms with Crippen molar-refractivity contribution < 1.29 is 4.79 Å². The fraction of sp³-hybridized carbons (Fsp3) is 0.538. The molecule has 0 radical (unpaired) electrons. The van der Waals surface area contributed by atoms with Crippen LogP contribution in [0.3, 0.4) is 0 Å². The van der Waals surface area contributed by atoms with Gasteiger partial charge in [0, 0.05) is 32.4 Å². The van der Waals surface area contributed by atoms with Gasteiger partial charge in [0.2, 0.25) is 5.91 Å². The molecule has 1 amide bonds. The number of nitrogens with one attached hydrogen (secondary N) is 2. The Labute approximate surface area is 108 Å². The Bertz CT molecular complexity index is 390. The predicted molar refractivity (Wildman–Crippen MR) is 71.3 cm³/mol. The van der Waals surface area contributed by atoms with Crippen molar-refractivity contribution in [1.82, 2.24) is 15.2 Å². The van der Waals surface area contributed by atoms with Crippen molar-refractivity contribution in [1.29, 1.82) is 0 Å². The molecule has 0 unspecified atom stereocenters. The highest BCUT2D eigenvalue weighted by Gasteiger charge is 2.14. The fourth-order valence-corrected chi connectivity index (χ4v) is 2.07. The van der Waals surface area contributed by atoms with Crippen LogP contribution in [0.15, 0.2) is 18.3 Å². The number of carbonyl (C=O) groups excluding carboxylic acids is 1. The number of amides is 1. The molecule has 0 bridgehead atoms. The highest BCUT2D eigenvalue weighted by atomic mass is 16.2. The van der Waals surface area contributed by atoms with E-state index in [1.165, 1.54) is 0 Å². The number of pyridine rings is 1. The molecule has 2 heterocycles. The van der Waals surface area contributed by atoms with E-state index in [2.05, 4.69) is 26.6 Å². The molecule has 1 aromatic rings. The molecule has 18 heavy (non-hydrogen) atoms. The van der Waals surface area contributed by atoms with Gasteiger partial charge in [-0.25, -0.2) is 4.98 Å². The van der Waals surface area contributed by atoms with Crippen molar-refractivity contribution in [3.8, 4) is 0 Å². The van der Waals surface area contributed by atoms with E-state index in [1.54, 1.807) is 0 Å². The number of hydrogen-bond donors (Lipinski definition) is 2. The van der Waals surface area contributed by atoms with Crippen LogP contribution in [0.4, 0.5) is 5.82 Å². The van der Waals surface area contributed by atoms with Crippen molar-refractivity contribution in [2.45, 2.75) is 19.9 Å². The molecule has 1 aliphatic heterocycles. The van der Waals surface area contributed by atoms with Crippen LogP contribution in [-0.2, 0) is 11.3 Å². The maximum atomic E-state index is 11.4. The maximum absolute atomic E-state index is 11.4. The molecule has 98 valence electrons. The minimum atomic E-state index is 0.115. The van der Waals surface area contributed by atoms with Crippen molar-refractivity contribution in [3.05, 3.63) is 23.9 Å². The van der Waals surface area contributed by atoms with Crippen molar-refractivity contribution in [3.63, 3.8) is 0 Å². The summed E-state index contributed by atoms with van der Waals surface area (Å²) in [5.41, 5.74) is 1.14. The van der Waals surface area contributed by atoms with Gasteiger partial charge in [-0.05, 0) is 25.0 Å². The lowest BCUT2D eigenvalue weighted by Crippen LogP contribution is -2.32. The van der Waals surface area contributed by atoms with Crippen LogP contribution in [-0.4, -0.2) is 42.0 Å². The number of aromatic nitrogens is 1. The summed E-state index contributed by atoms with van der Waals surface area (Å²) >= 11 is 0. The van der Waals surface area contributed by atoms with Crippen LogP contribution in [0.5, 0.6) is 0 Å². The second-order valence-electron chi connectivity index (χ2n) is 4.50. The third-order valence-corrected chi connectivity index (χ3v) is 2.93. The van der Waals surface area contributed by atoms with Gasteiger partial charge in [0.15, 0.2) is 0 Å². The van der Waals surface area contributed by atoms with E-state index in [4.69, 9.17) is 0 Å². The molecular formula is C13H20N4O. The third kappa shape index (κ3) is 3.70. The fourth-order valence-electron chi connectivity index (χ4n) is 2.07. The lowest BCUT2D eigenvalue weighted by Gasteiger charge is -2.18. The smallest absolute Gasteiger partial charge is 0.234 e. The molecule has 1 fully saturated rings. The zero-order chi connectivity index (χ0) is 12.8. The summed E-state index contributed by atoms with van der Waals surface area (Å²) in [4.78, 5) is 17.9. The number of hydrogen-bond acceptors (Lipinski definition) is 4. The maximum Gasteiger partial charge on any atom is 0.234 e. The van der Waals surface area contributed by atoms with Crippen LogP contribution < -0.4 is 10.6 Å². The number of anilines is 1. The van der Waals surface area contributed by atoms with Gasteiger partial charge in [0.1, 0.15) is 5.82 Å². The normalized spacial score (nSPS) is 17.1. The number of nitrogens with zero attached hydrogens (tertiary/aromatic N) is 2. The lowest BCUT2D eigenvalue weighted by atomic mass is 10.2. The molecule has 0 atom stereocenters. The summed E-state index contributed by atoms with van der Waals surface area (Å²) in [6.45, 7) is 5.92. The monoisotopic (exact) mass is 248 g/mol. The van der Waals surface area contributed by atoms with Gasteiger partial charge in [-0.3, -0.25) is 9.69 Å². The quantitative estimate of drug-likeness (QED) is 0.829. The van der Waals surface area contributed by atoms with Gasteiger partial charge in [0.25, 0.3) is 0 Å². The van der Waals surface area contributed by atoms with Gasteiger partial charge in [-0.1, -0.05) is 6.07 Å². The molecule has 0 spiro atoms. The summed E-state index contributed by atoms with van der Waals surface area (Å²) in [6, 6.07) is 4.05. The minimum Gasteiger partial charge on any atom is -0.370 e. The molecule has 1 aromatic heterocycles. The Kier molecular flexibility index (Phi) is 4.52. The number of carbonyl (C=O) groups is 1. The average Bonchev–Trinajstić information content (AvgIpc) is 2.56. The Morgan fingerprint density at radius 3 is 3.11 bits per heavy atom. The Morgan fingerprint density at radius 1 is 1.50 bits per heavy atom. The molecular weight excluding hydrogens is 228 g/mol. The second-order valence-corrected chi connectivity index (χ2v) is 4.50. The Balaban J connectivity index is 1.93. The predicted octanol–water partition coefficient (Wildman–Crippen LogP) is 0.835. The van der Waals surface area contributed by atoms with E-state index in [0.29, 0.717) is 6.54 Å². The van der Waals surface area contributed by atoms with Crippen molar-refractivity contribution in [2.24, 2.45) is 0 Å². The van der Waals surface area contributed by atoms with Gasteiger partial charge in [-0.15, -0.1) is 0 Å². The zero-order valence-electron chi connectivity index (χ0n) is 10.8. The van der Waals surface area contributed by atoms with E-state index < -0.39 is 0 Å². The van der Waals surface area contributed by atoms with Gasteiger partial charge >= 0.3 is 0 Å². The van der Waals surface area contributed by atoms with E-state index in [9.17, 15) is 4.79 Å². The molecule has 5 nitrogen and oxygen atoms in total. The molecule has 0 aromatic carbocycles. The van der Waals surface area contributed by atoms with E-state index in [0.717, 1.165) is 44.0 Å². The van der Waals surface area contributed by atoms with Crippen LogP contribution in [0.2, 0.25) is 0 Å². The molecule has 2 N–H and O–H groups in total. The first kappa shape index (κ1) is 12.8. The summed E-state index contributed by atoms with van der Waals surface area (Å²) in [5.74, 6) is 1.01. The van der Waals surface area contributed by atoms with Crippen molar-refractivity contribution in [2.75, 3.05) is 31.5 Å². The first-order valence-corrected chi connectivity index (χ1v) is 6.46. The van der Waals surface area contributed by atoms with E-state index >= 15 is 0 Å². The average molecular weight is 248 g/mol. The van der Waals surface area contributed by atoms with Crippen LogP contribution >= 0.6 is 0 Å². The lowest BCUT2D eigenvalue weighted by molar-refractivity contribution is -0.121. The molecule has 5 heteroatoms. The Hall–Kier alpha value is -1.62. The molecule has 0 aliphatic carbocycles. The van der Waals surface area contributed by atoms with E-state index in [1.807, 2.05) is 19.2 Å². The summed E-state index contributed by atoms with van der Waals surface area (Å²) in [5, 5.41) is 6.05. The standard InChI is InChI=1S/C13H20N4O/c1-2-14-12-5-4-11(8-16-12)9-17-7-3-6-15-13(18)10-17/h4-5,8H,2-3,6-7,9-10H2,1H3,(H,14,16)(H,15,18). The number of rotatable bonds is 4. The van der Waals surface area contributed by atoms with Gasteiger partial charge in [0.05, 0.1) is 6.54 Å². The molecule has 2 rings (SSSR count). The summed E-state index contributed by atoms with van der Waals surface area (Å²) in [6.07, 6.45) is 2.88. The summed E-state index contributed by atoms with van der Waals surface area (Å²) in [7, 11) is 0. The first-order valence-electron chi connectivity index (χ1n) is 6.46. The van der Waals surface area contributed by atoms with Crippen LogP contribution in [0.1, 0.15) is 18.9 Å².